The van der Waals surface area contributed by atoms with Crippen LogP contribution >= 0.6 is 11.8 Å². The van der Waals surface area contributed by atoms with Crippen LogP contribution in [0.15, 0.2) is 68.8 Å². The van der Waals surface area contributed by atoms with Crippen LogP contribution in [0.1, 0.15) is 5.56 Å². The van der Waals surface area contributed by atoms with Crippen molar-refractivity contribution in [2.24, 2.45) is 0 Å². The first-order chi connectivity index (χ1) is 12.7. The molecular weight excluding hydrogens is 350 g/mol. The van der Waals surface area contributed by atoms with E-state index in [1.165, 1.54) is 17.3 Å². The Kier molecular flexibility index (Phi) is 4.45. The molecular formula is C19H15N3O3S. The molecule has 0 bridgehead atoms. The summed E-state index contributed by atoms with van der Waals surface area (Å²) in [4.78, 5) is 16.4. The van der Waals surface area contributed by atoms with Gasteiger partial charge in [0, 0.05) is 11.6 Å². The molecule has 4 aromatic rings. The standard InChI is InChI=1S/C19H15N3O3S/c1-12-6-8-13(9-7-12)15-10-18(25-22-15)21-17(23)11-26-19-20-14-4-2-3-5-16(14)24-19/h2-10H,11H2,1H3,(H,21,23). The number of hydrogen-bond acceptors (Lipinski definition) is 6. The van der Waals surface area contributed by atoms with Gasteiger partial charge in [-0.1, -0.05) is 58.9 Å². The number of nitrogens with one attached hydrogen (secondary N) is 1. The summed E-state index contributed by atoms with van der Waals surface area (Å²) in [6.45, 7) is 2.02. The first-order valence-corrected chi connectivity index (χ1v) is 8.98. The number of anilines is 1. The number of carbonyl (C=O) groups is 1. The number of amides is 1. The first-order valence-electron chi connectivity index (χ1n) is 7.99. The highest BCUT2D eigenvalue weighted by atomic mass is 32.2. The molecule has 130 valence electrons. The van der Waals surface area contributed by atoms with Crippen molar-refractivity contribution >= 4 is 34.7 Å². The zero-order valence-corrected chi connectivity index (χ0v) is 14.7. The Morgan fingerprint density at radius 3 is 2.77 bits per heavy atom. The van der Waals surface area contributed by atoms with E-state index in [4.69, 9.17) is 8.94 Å². The van der Waals surface area contributed by atoms with Crippen LogP contribution in [-0.2, 0) is 4.79 Å². The molecule has 0 saturated heterocycles. The van der Waals surface area contributed by atoms with E-state index in [-0.39, 0.29) is 11.7 Å². The maximum absolute atomic E-state index is 12.1. The molecule has 0 aliphatic rings. The van der Waals surface area contributed by atoms with Crippen molar-refractivity contribution in [1.29, 1.82) is 0 Å². The van der Waals surface area contributed by atoms with Crippen molar-refractivity contribution in [2.75, 3.05) is 11.1 Å². The van der Waals surface area contributed by atoms with Crippen LogP contribution in [-0.4, -0.2) is 21.8 Å². The lowest BCUT2D eigenvalue weighted by molar-refractivity contribution is -0.113. The molecule has 26 heavy (non-hydrogen) atoms. The number of aromatic nitrogens is 2. The summed E-state index contributed by atoms with van der Waals surface area (Å²) < 4.78 is 10.8. The fourth-order valence-corrected chi connectivity index (χ4v) is 3.05. The van der Waals surface area contributed by atoms with Crippen LogP contribution < -0.4 is 5.32 Å². The molecule has 1 N–H and O–H groups in total. The summed E-state index contributed by atoms with van der Waals surface area (Å²) in [6, 6.07) is 17.1. The molecule has 2 aromatic carbocycles. The largest absolute Gasteiger partial charge is 0.431 e. The van der Waals surface area contributed by atoms with Gasteiger partial charge in [0.25, 0.3) is 5.22 Å². The predicted molar refractivity (Wildman–Crippen MR) is 100 cm³/mol. The average molecular weight is 365 g/mol. The lowest BCUT2D eigenvalue weighted by atomic mass is 10.1. The highest BCUT2D eigenvalue weighted by molar-refractivity contribution is 7.99. The van der Waals surface area contributed by atoms with Gasteiger partial charge in [0.15, 0.2) is 5.58 Å². The highest BCUT2D eigenvalue weighted by Crippen LogP contribution is 2.24. The van der Waals surface area contributed by atoms with Gasteiger partial charge < -0.3 is 8.94 Å². The molecule has 4 rings (SSSR count). The second kappa shape index (κ2) is 7.05. The third kappa shape index (κ3) is 3.62. The van der Waals surface area contributed by atoms with Gasteiger partial charge in [-0.05, 0) is 19.1 Å². The van der Waals surface area contributed by atoms with Crippen molar-refractivity contribution in [3.63, 3.8) is 0 Å². The SMILES string of the molecule is Cc1ccc(-c2cc(NC(=O)CSc3nc4ccccc4o3)on2)cc1. The number of carbonyl (C=O) groups excluding carboxylic acids is 1. The van der Waals surface area contributed by atoms with Gasteiger partial charge >= 0.3 is 0 Å². The number of fused-ring (bicyclic) bond motifs is 1. The number of hydrogen-bond donors (Lipinski definition) is 1. The van der Waals surface area contributed by atoms with E-state index < -0.39 is 0 Å². The number of oxazole rings is 1. The third-order valence-corrected chi connectivity index (χ3v) is 4.55. The van der Waals surface area contributed by atoms with Crippen LogP contribution in [0.5, 0.6) is 0 Å². The quantitative estimate of drug-likeness (QED) is 0.524. The van der Waals surface area contributed by atoms with Gasteiger partial charge in [-0.25, -0.2) is 4.98 Å². The summed E-state index contributed by atoms with van der Waals surface area (Å²) in [7, 11) is 0. The zero-order chi connectivity index (χ0) is 17.9. The van der Waals surface area contributed by atoms with Crippen molar-refractivity contribution < 1.29 is 13.7 Å². The second-order valence-corrected chi connectivity index (χ2v) is 6.65. The van der Waals surface area contributed by atoms with Gasteiger partial charge in [-0.2, -0.15) is 0 Å². The minimum atomic E-state index is -0.219. The minimum absolute atomic E-state index is 0.160. The Balaban J connectivity index is 1.36. The molecule has 0 unspecified atom stereocenters. The summed E-state index contributed by atoms with van der Waals surface area (Å²) in [5, 5.41) is 7.14. The molecule has 0 spiro atoms. The van der Waals surface area contributed by atoms with Crippen LogP contribution in [0.2, 0.25) is 0 Å². The van der Waals surface area contributed by atoms with Gasteiger partial charge in [-0.3, -0.25) is 10.1 Å². The Bertz CT molecular complexity index is 1020. The number of para-hydroxylation sites is 2. The average Bonchev–Trinajstić information content (AvgIpc) is 3.27. The lowest BCUT2D eigenvalue weighted by Crippen LogP contribution is -2.13. The molecule has 2 heterocycles. The van der Waals surface area contributed by atoms with E-state index in [1.54, 1.807) is 6.07 Å². The van der Waals surface area contributed by atoms with Gasteiger partial charge in [0.05, 0.1) is 5.75 Å². The number of rotatable bonds is 5. The molecule has 0 saturated carbocycles. The third-order valence-electron chi connectivity index (χ3n) is 3.72. The molecule has 0 radical (unpaired) electrons. The minimum Gasteiger partial charge on any atom is -0.431 e. The maximum atomic E-state index is 12.1. The summed E-state index contributed by atoms with van der Waals surface area (Å²) in [6.07, 6.45) is 0. The van der Waals surface area contributed by atoms with E-state index in [1.807, 2.05) is 55.5 Å². The number of benzene rings is 2. The molecule has 6 nitrogen and oxygen atoms in total. The Hall–Kier alpha value is -3.06. The van der Waals surface area contributed by atoms with E-state index in [2.05, 4.69) is 15.5 Å². The monoisotopic (exact) mass is 365 g/mol. The van der Waals surface area contributed by atoms with Gasteiger partial charge in [0.2, 0.25) is 11.8 Å². The summed E-state index contributed by atoms with van der Waals surface area (Å²) in [5.41, 5.74) is 4.25. The molecule has 0 atom stereocenters. The van der Waals surface area contributed by atoms with E-state index in [0.717, 1.165) is 11.1 Å². The van der Waals surface area contributed by atoms with Gasteiger partial charge in [-0.15, -0.1) is 0 Å². The fourth-order valence-electron chi connectivity index (χ4n) is 2.41. The van der Waals surface area contributed by atoms with Crippen LogP contribution in [0.25, 0.3) is 22.4 Å². The molecule has 7 heteroatoms. The Morgan fingerprint density at radius 2 is 1.96 bits per heavy atom. The Labute approximate surface area is 153 Å². The van der Waals surface area contributed by atoms with Crippen molar-refractivity contribution in [3.05, 3.63) is 60.2 Å². The molecule has 2 aromatic heterocycles. The Morgan fingerprint density at radius 1 is 1.15 bits per heavy atom. The fraction of sp³-hybridized carbons (Fsp3) is 0.105. The number of thioether (sulfide) groups is 1. The van der Waals surface area contributed by atoms with Crippen LogP contribution in [0, 0.1) is 6.92 Å². The number of aryl methyl sites for hydroxylation is 1. The smallest absolute Gasteiger partial charge is 0.257 e. The maximum Gasteiger partial charge on any atom is 0.257 e. The van der Waals surface area contributed by atoms with Crippen molar-refractivity contribution in [2.45, 2.75) is 12.1 Å². The van der Waals surface area contributed by atoms with Crippen molar-refractivity contribution in [1.82, 2.24) is 10.1 Å². The normalized spacial score (nSPS) is 11.0. The topological polar surface area (TPSA) is 81.2 Å². The van der Waals surface area contributed by atoms with E-state index in [0.29, 0.717) is 22.4 Å². The predicted octanol–water partition coefficient (Wildman–Crippen LogP) is 4.52. The summed E-state index contributed by atoms with van der Waals surface area (Å²) >= 11 is 1.23. The van der Waals surface area contributed by atoms with Gasteiger partial charge in [0.1, 0.15) is 11.2 Å². The molecule has 0 fully saturated rings. The van der Waals surface area contributed by atoms with Crippen molar-refractivity contribution in [3.8, 4) is 11.3 Å². The van der Waals surface area contributed by atoms with E-state index >= 15 is 0 Å². The summed E-state index contributed by atoms with van der Waals surface area (Å²) in [5.74, 6) is 0.250. The molecule has 1 amide bonds. The first kappa shape index (κ1) is 16.4. The lowest BCUT2D eigenvalue weighted by Gasteiger charge is -1.98. The van der Waals surface area contributed by atoms with Crippen LogP contribution in [0.3, 0.4) is 0 Å². The molecule has 0 aliphatic heterocycles. The second-order valence-electron chi connectivity index (χ2n) is 5.73. The molecule has 0 aliphatic carbocycles. The van der Waals surface area contributed by atoms with E-state index in [9.17, 15) is 4.79 Å². The zero-order valence-electron chi connectivity index (χ0n) is 13.9. The number of nitrogens with zero attached hydrogens (tertiary/aromatic N) is 2. The van der Waals surface area contributed by atoms with Crippen LogP contribution in [0.4, 0.5) is 5.88 Å². The highest BCUT2D eigenvalue weighted by Gasteiger charge is 2.12.